The van der Waals surface area contributed by atoms with Gasteiger partial charge in [-0.05, 0) is 16.5 Å². The van der Waals surface area contributed by atoms with Crippen molar-refractivity contribution in [2.75, 3.05) is 12.9 Å². The normalized spacial score (nSPS) is 14.5. The first-order valence-corrected chi connectivity index (χ1v) is 11.2. The van der Waals surface area contributed by atoms with Gasteiger partial charge in [0.05, 0.1) is 21.7 Å². The molecule has 21 heavy (non-hydrogen) atoms. The largest absolute Gasteiger partial charge is 0.386 e. The predicted molar refractivity (Wildman–Crippen MR) is 88.0 cm³/mol. The molecule has 0 spiro atoms. The van der Waals surface area contributed by atoms with E-state index in [1.54, 1.807) is 0 Å². The minimum atomic E-state index is -3.54. The van der Waals surface area contributed by atoms with E-state index in [1.807, 2.05) is 12.1 Å². The van der Waals surface area contributed by atoms with Crippen LogP contribution in [0.1, 0.15) is 38.0 Å². The number of aliphatic hydroxyl groups is 1. The standard InChI is InChI=1S/C15H25O4SSi/c1-15(2,3)11-7-8-12(14(9-11)21(5)6)13(16)10-19-20(4,17)18/h7-9,13,16H,10H2,1-6H3/t13-/m0/s1. The van der Waals surface area contributed by atoms with Crippen molar-refractivity contribution in [2.45, 2.75) is 45.4 Å². The maximum Gasteiger partial charge on any atom is 0.264 e. The Morgan fingerprint density at radius 3 is 2.29 bits per heavy atom. The molecule has 1 N–H and O–H groups in total. The van der Waals surface area contributed by atoms with E-state index < -0.39 is 25.0 Å². The van der Waals surface area contributed by atoms with Gasteiger partial charge >= 0.3 is 0 Å². The van der Waals surface area contributed by atoms with Gasteiger partial charge in [0.15, 0.2) is 0 Å². The molecule has 0 amide bonds. The lowest BCUT2D eigenvalue weighted by Gasteiger charge is -2.24. The predicted octanol–water partition coefficient (Wildman–Crippen LogP) is 1.96. The summed E-state index contributed by atoms with van der Waals surface area (Å²) in [6.45, 7) is 10.5. The first-order chi connectivity index (χ1) is 9.42. The fourth-order valence-corrected chi connectivity index (χ4v) is 3.67. The van der Waals surface area contributed by atoms with Crippen LogP contribution in [0.15, 0.2) is 18.2 Å². The first-order valence-electron chi connectivity index (χ1n) is 6.89. The van der Waals surface area contributed by atoms with Crippen LogP contribution < -0.4 is 5.19 Å². The quantitative estimate of drug-likeness (QED) is 0.662. The van der Waals surface area contributed by atoms with Crippen LogP contribution in [0, 0.1) is 0 Å². The van der Waals surface area contributed by atoms with Crippen molar-refractivity contribution in [1.82, 2.24) is 0 Å². The summed E-state index contributed by atoms with van der Waals surface area (Å²) in [6.07, 6.45) is 0.0571. The van der Waals surface area contributed by atoms with E-state index in [-0.39, 0.29) is 12.0 Å². The topological polar surface area (TPSA) is 63.6 Å². The minimum absolute atomic E-state index is 0.0405. The monoisotopic (exact) mass is 329 g/mol. The molecule has 1 radical (unpaired) electrons. The smallest absolute Gasteiger partial charge is 0.264 e. The molecular weight excluding hydrogens is 304 g/mol. The van der Waals surface area contributed by atoms with Crippen molar-refractivity contribution in [3.05, 3.63) is 29.3 Å². The van der Waals surface area contributed by atoms with Gasteiger partial charge in [-0.15, -0.1) is 0 Å². The third-order valence-electron chi connectivity index (χ3n) is 3.26. The van der Waals surface area contributed by atoms with Crippen molar-refractivity contribution in [3.63, 3.8) is 0 Å². The fourth-order valence-electron chi connectivity index (χ4n) is 2.02. The van der Waals surface area contributed by atoms with Crippen LogP contribution >= 0.6 is 0 Å². The van der Waals surface area contributed by atoms with E-state index in [2.05, 4.69) is 39.9 Å². The molecule has 119 valence electrons. The minimum Gasteiger partial charge on any atom is -0.386 e. The Balaban J connectivity index is 3.12. The molecule has 1 aromatic carbocycles. The Bertz CT molecular complexity index is 588. The molecule has 1 atom stereocenters. The van der Waals surface area contributed by atoms with E-state index in [1.165, 1.54) is 5.56 Å². The van der Waals surface area contributed by atoms with Crippen molar-refractivity contribution in [3.8, 4) is 0 Å². The Hall–Kier alpha value is -0.693. The Morgan fingerprint density at radius 1 is 1.29 bits per heavy atom. The molecule has 0 aliphatic carbocycles. The van der Waals surface area contributed by atoms with Crippen molar-refractivity contribution in [1.29, 1.82) is 0 Å². The number of aliphatic hydroxyl groups excluding tert-OH is 1. The lowest BCUT2D eigenvalue weighted by molar-refractivity contribution is 0.112. The summed E-state index contributed by atoms with van der Waals surface area (Å²) in [6, 6.07) is 6.02. The summed E-state index contributed by atoms with van der Waals surface area (Å²) in [5, 5.41) is 11.4. The molecule has 0 unspecified atom stereocenters. The summed E-state index contributed by atoms with van der Waals surface area (Å²) < 4.78 is 26.8. The summed E-state index contributed by atoms with van der Waals surface area (Å²) in [4.78, 5) is 0. The Kier molecular flexibility index (Phi) is 5.77. The van der Waals surface area contributed by atoms with E-state index in [4.69, 9.17) is 4.18 Å². The van der Waals surface area contributed by atoms with Crippen molar-refractivity contribution in [2.24, 2.45) is 0 Å². The summed E-state index contributed by atoms with van der Waals surface area (Å²) in [5.74, 6) is 0. The number of rotatable bonds is 5. The molecular formula is C15H25O4SSi. The highest BCUT2D eigenvalue weighted by molar-refractivity contribution is 7.85. The summed E-state index contributed by atoms with van der Waals surface area (Å²) in [7, 11) is -4.33. The second kappa shape index (κ2) is 6.60. The van der Waals surface area contributed by atoms with Crippen LogP contribution in [-0.4, -0.2) is 35.2 Å². The van der Waals surface area contributed by atoms with Gasteiger partial charge in [-0.1, -0.05) is 57.3 Å². The molecule has 0 fully saturated rings. The molecule has 4 nitrogen and oxygen atoms in total. The molecule has 1 rings (SSSR count). The molecule has 0 bridgehead atoms. The van der Waals surface area contributed by atoms with Gasteiger partial charge in [-0.3, -0.25) is 4.18 Å². The zero-order chi connectivity index (χ0) is 16.4. The lowest BCUT2D eigenvalue weighted by Crippen LogP contribution is -2.31. The van der Waals surface area contributed by atoms with Crippen LogP contribution in [0.3, 0.4) is 0 Å². The van der Waals surface area contributed by atoms with Gasteiger partial charge in [-0.2, -0.15) is 8.42 Å². The molecule has 0 aliphatic heterocycles. The van der Waals surface area contributed by atoms with Gasteiger partial charge in [0.1, 0.15) is 6.10 Å². The maximum atomic E-state index is 11.0. The van der Waals surface area contributed by atoms with Gasteiger partial charge in [0.2, 0.25) is 0 Å². The fraction of sp³-hybridized carbons (Fsp3) is 0.600. The SMILES string of the molecule is C[Si](C)c1cc(C(C)(C)C)ccc1[C@@H](O)COS(C)(=O)=O. The maximum absolute atomic E-state index is 11.0. The second-order valence-electron chi connectivity index (χ2n) is 6.56. The third-order valence-corrected chi connectivity index (χ3v) is 5.33. The first kappa shape index (κ1) is 18.4. The van der Waals surface area contributed by atoms with Gasteiger partial charge in [-0.25, -0.2) is 0 Å². The summed E-state index contributed by atoms with van der Waals surface area (Å²) in [5.41, 5.74) is 2.02. The van der Waals surface area contributed by atoms with Crippen LogP contribution in [0.2, 0.25) is 13.1 Å². The molecule has 0 saturated heterocycles. The number of benzene rings is 1. The van der Waals surface area contributed by atoms with E-state index in [9.17, 15) is 13.5 Å². The average molecular weight is 330 g/mol. The molecule has 0 aliphatic rings. The Labute approximate surface area is 129 Å². The lowest BCUT2D eigenvalue weighted by atomic mass is 9.86. The van der Waals surface area contributed by atoms with Gasteiger partial charge < -0.3 is 5.11 Å². The number of hydrogen-bond acceptors (Lipinski definition) is 4. The van der Waals surface area contributed by atoms with Crippen LogP contribution in [0.4, 0.5) is 0 Å². The van der Waals surface area contributed by atoms with Crippen molar-refractivity contribution >= 4 is 24.1 Å². The van der Waals surface area contributed by atoms with E-state index >= 15 is 0 Å². The average Bonchev–Trinajstić information content (AvgIpc) is 2.33. The zero-order valence-corrected chi connectivity index (χ0v) is 15.4. The Morgan fingerprint density at radius 2 is 1.86 bits per heavy atom. The van der Waals surface area contributed by atoms with Gasteiger partial charge in [0.25, 0.3) is 10.1 Å². The highest BCUT2D eigenvalue weighted by atomic mass is 32.2. The molecule has 6 heteroatoms. The zero-order valence-electron chi connectivity index (χ0n) is 13.6. The summed E-state index contributed by atoms with van der Waals surface area (Å²) >= 11 is 0. The van der Waals surface area contributed by atoms with Crippen LogP contribution in [-0.2, 0) is 19.7 Å². The molecule has 1 aromatic rings. The van der Waals surface area contributed by atoms with E-state index in [0.29, 0.717) is 0 Å². The third kappa shape index (κ3) is 5.54. The molecule has 0 saturated carbocycles. The molecule has 0 heterocycles. The van der Waals surface area contributed by atoms with Crippen LogP contribution in [0.5, 0.6) is 0 Å². The van der Waals surface area contributed by atoms with Gasteiger partial charge in [0, 0.05) is 0 Å². The number of hydrogen-bond donors (Lipinski definition) is 1. The van der Waals surface area contributed by atoms with Crippen molar-refractivity contribution < 1.29 is 17.7 Å². The molecule has 0 aromatic heterocycles. The highest BCUT2D eigenvalue weighted by Gasteiger charge is 2.21. The van der Waals surface area contributed by atoms with E-state index in [0.717, 1.165) is 17.0 Å². The van der Waals surface area contributed by atoms with Crippen LogP contribution in [0.25, 0.3) is 0 Å². The highest BCUT2D eigenvalue weighted by Crippen LogP contribution is 2.23. The second-order valence-corrected chi connectivity index (χ2v) is 10.7.